The number of aliphatic carboxylic acids is 1. The van der Waals surface area contributed by atoms with Crippen LogP contribution in [0.2, 0.25) is 5.15 Å². The van der Waals surface area contributed by atoms with Gasteiger partial charge in [0.05, 0.1) is 5.92 Å². The third-order valence-electron chi connectivity index (χ3n) is 7.05. The zero-order chi connectivity index (χ0) is 22.4. The number of halogens is 2. The van der Waals surface area contributed by atoms with Crippen molar-refractivity contribution in [3.8, 4) is 17.2 Å². The normalized spacial score (nSPS) is 24.3. The highest BCUT2D eigenvalue weighted by Gasteiger charge is 2.47. The monoisotopic (exact) mass is 449 g/mol. The lowest BCUT2D eigenvalue weighted by Gasteiger charge is -2.47. The lowest BCUT2D eigenvalue weighted by Crippen LogP contribution is -2.51. The van der Waals surface area contributed by atoms with Crippen molar-refractivity contribution in [3.63, 3.8) is 0 Å². The van der Waals surface area contributed by atoms with E-state index in [1.54, 1.807) is 6.07 Å². The molecule has 3 saturated carbocycles. The number of aromatic nitrogens is 1. The lowest BCUT2D eigenvalue weighted by molar-refractivity contribution is -0.148. The first kappa shape index (κ1) is 20.7. The molecular formula is C25H21ClFN3O2. The zero-order valence-electron chi connectivity index (χ0n) is 17.2. The maximum absolute atomic E-state index is 15.8. The van der Waals surface area contributed by atoms with Crippen molar-refractivity contribution in [1.29, 1.82) is 5.26 Å². The van der Waals surface area contributed by atoms with E-state index in [0.717, 1.165) is 36.5 Å². The quantitative estimate of drug-likeness (QED) is 0.486. The van der Waals surface area contributed by atoms with Crippen molar-refractivity contribution in [1.82, 2.24) is 4.98 Å². The standard InChI is InChI=1S/C25H21ClFN3O2/c26-23-18(12-28)19(17-10-5-13-3-1-2-4-16(13)11-17)21(27)24(30-23)29-22-15-8-6-14(7-9-15)20(22)25(31)32/h1-5,10-11,14-15,20,22H,6-9H2,(H,29,30)(H,31,32). The Morgan fingerprint density at radius 3 is 2.50 bits per heavy atom. The molecule has 0 amide bonds. The molecule has 5 nitrogen and oxygen atoms in total. The summed E-state index contributed by atoms with van der Waals surface area (Å²) in [5.41, 5.74) is 0.559. The molecule has 3 fully saturated rings. The number of carboxylic acid groups (broad SMARTS) is 1. The van der Waals surface area contributed by atoms with Crippen LogP contribution in [0, 0.1) is 34.9 Å². The van der Waals surface area contributed by atoms with Gasteiger partial charge in [-0.2, -0.15) is 5.26 Å². The van der Waals surface area contributed by atoms with Crippen LogP contribution in [0.3, 0.4) is 0 Å². The molecule has 6 rings (SSSR count). The van der Waals surface area contributed by atoms with Crippen molar-refractivity contribution in [2.24, 2.45) is 17.8 Å². The largest absolute Gasteiger partial charge is 0.481 e. The van der Waals surface area contributed by atoms with Gasteiger partial charge in [-0.1, -0.05) is 48.0 Å². The van der Waals surface area contributed by atoms with Crippen LogP contribution in [0.15, 0.2) is 42.5 Å². The molecular weight excluding hydrogens is 429 g/mol. The second kappa shape index (κ2) is 8.07. The third-order valence-corrected chi connectivity index (χ3v) is 7.32. The van der Waals surface area contributed by atoms with Gasteiger partial charge in [-0.15, -0.1) is 0 Å². The number of carboxylic acids is 1. The molecule has 0 spiro atoms. The Hall–Kier alpha value is -3.17. The molecule has 2 bridgehead atoms. The summed E-state index contributed by atoms with van der Waals surface area (Å²) >= 11 is 6.31. The van der Waals surface area contributed by atoms with Gasteiger partial charge in [0.25, 0.3) is 0 Å². The summed E-state index contributed by atoms with van der Waals surface area (Å²) < 4.78 is 15.8. The molecule has 7 heteroatoms. The van der Waals surface area contributed by atoms with Gasteiger partial charge in [-0.3, -0.25) is 4.79 Å². The fraction of sp³-hybridized carbons (Fsp3) is 0.320. The SMILES string of the molecule is N#Cc1c(Cl)nc(NC2C3CCC(CC3)C2C(=O)O)c(F)c1-c1ccc2ccccc2c1. The minimum Gasteiger partial charge on any atom is -0.481 e. The minimum absolute atomic E-state index is 0.0371. The number of hydrogen-bond donors (Lipinski definition) is 2. The number of nitrogens with zero attached hydrogens (tertiary/aromatic N) is 2. The molecule has 0 radical (unpaired) electrons. The van der Waals surface area contributed by atoms with Crippen LogP contribution in [-0.4, -0.2) is 22.1 Å². The first-order valence-electron chi connectivity index (χ1n) is 10.8. The van der Waals surface area contributed by atoms with Gasteiger partial charge in [0.2, 0.25) is 0 Å². The lowest BCUT2D eigenvalue weighted by atomic mass is 9.61. The van der Waals surface area contributed by atoms with Gasteiger partial charge in [0.15, 0.2) is 11.6 Å². The van der Waals surface area contributed by atoms with E-state index < -0.39 is 23.7 Å². The Kier molecular flexibility index (Phi) is 5.22. The molecule has 3 aromatic rings. The number of nitriles is 1. The van der Waals surface area contributed by atoms with E-state index in [4.69, 9.17) is 11.6 Å². The van der Waals surface area contributed by atoms with Crippen molar-refractivity contribution < 1.29 is 14.3 Å². The third kappa shape index (κ3) is 3.37. The maximum Gasteiger partial charge on any atom is 0.308 e. The minimum atomic E-state index is -0.869. The van der Waals surface area contributed by atoms with Gasteiger partial charge in [0, 0.05) is 11.6 Å². The van der Waals surface area contributed by atoms with Crippen LogP contribution in [0.5, 0.6) is 0 Å². The second-order valence-electron chi connectivity index (χ2n) is 8.70. The molecule has 162 valence electrons. The van der Waals surface area contributed by atoms with Crippen LogP contribution in [-0.2, 0) is 4.79 Å². The average molecular weight is 450 g/mol. The second-order valence-corrected chi connectivity index (χ2v) is 9.06. The molecule has 3 aliphatic carbocycles. The molecule has 2 N–H and O–H groups in total. The van der Waals surface area contributed by atoms with Crippen LogP contribution in [0.4, 0.5) is 10.2 Å². The summed E-state index contributed by atoms with van der Waals surface area (Å²) in [5.74, 6) is -2.03. The summed E-state index contributed by atoms with van der Waals surface area (Å²) in [6.45, 7) is 0. The first-order valence-corrected chi connectivity index (χ1v) is 11.1. The van der Waals surface area contributed by atoms with Crippen molar-refractivity contribution >= 4 is 34.2 Å². The van der Waals surface area contributed by atoms with E-state index in [1.807, 2.05) is 42.5 Å². The average Bonchev–Trinajstić information content (AvgIpc) is 2.81. The van der Waals surface area contributed by atoms with Gasteiger partial charge in [0.1, 0.15) is 16.8 Å². The summed E-state index contributed by atoms with van der Waals surface area (Å²) in [6, 6.07) is 14.7. The van der Waals surface area contributed by atoms with E-state index >= 15 is 4.39 Å². The fourth-order valence-electron chi connectivity index (χ4n) is 5.52. The Balaban J connectivity index is 1.61. The highest BCUT2D eigenvalue weighted by atomic mass is 35.5. The molecule has 0 saturated heterocycles. The highest BCUT2D eigenvalue weighted by Crippen LogP contribution is 2.47. The predicted octanol–water partition coefficient (Wildman–Crippen LogP) is 5.87. The Morgan fingerprint density at radius 2 is 1.81 bits per heavy atom. The van der Waals surface area contributed by atoms with Crippen LogP contribution < -0.4 is 5.32 Å². The fourth-order valence-corrected chi connectivity index (χ4v) is 5.74. The maximum atomic E-state index is 15.8. The molecule has 0 aliphatic heterocycles. The first-order chi connectivity index (χ1) is 15.5. The number of carbonyl (C=O) groups is 1. The number of fused-ring (bicyclic) bond motifs is 4. The predicted molar refractivity (Wildman–Crippen MR) is 121 cm³/mol. The van der Waals surface area contributed by atoms with E-state index in [2.05, 4.69) is 10.3 Å². The van der Waals surface area contributed by atoms with Gasteiger partial charge >= 0.3 is 5.97 Å². The topological polar surface area (TPSA) is 86.0 Å². The zero-order valence-corrected chi connectivity index (χ0v) is 17.9. The molecule has 2 unspecified atom stereocenters. The van der Waals surface area contributed by atoms with Crippen LogP contribution in [0.1, 0.15) is 31.2 Å². The number of pyridine rings is 1. The molecule has 2 atom stereocenters. The number of nitrogens with one attached hydrogen (secondary N) is 1. The molecule has 2 aromatic carbocycles. The number of hydrogen-bond acceptors (Lipinski definition) is 4. The highest BCUT2D eigenvalue weighted by molar-refractivity contribution is 6.31. The van der Waals surface area contributed by atoms with E-state index in [1.165, 1.54) is 0 Å². The molecule has 32 heavy (non-hydrogen) atoms. The van der Waals surface area contributed by atoms with E-state index in [-0.39, 0.29) is 33.9 Å². The number of anilines is 1. The van der Waals surface area contributed by atoms with Crippen LogP contribution in [0.25, 0.3) is 21.9 Å². The summed E-state index contributed by atoms with van der Waals surface area (Å²) in [7, 11) is 0. The Bertz CT molecular complexity index is 1260. The van der Waals surface area contributed by atoms with Gasteiger partial charge in [-0.05, 0) is 59.9 Å². The van der Waals surface area contributed by atoms with Crippen LogP contribution >= 0.6 is 11.6 Å². The van der Waals surface area contributed by atoms with E-state index in [0.29, 0.717) is 5.56 Å². The molecule has 1 heterocycles. The van der Waals surface area contributed by atoms with Gasteiger partial charge in [-0.25, -0.2) is 9.37 Å². The van der Waals surface area contributed by atoms with Crippen molar-refractivity contribution in [2.45, 2.75) is 31.7 Å². The van der Waals surface area contributed by atoms with Gasteiger partial charge < -0.3 is 10.4 Å². The number of rotatable bonds is 4. The Morgan fingerprint density at radius 1 is 1.12 bits per heavy atom. The number of benzene rings is 2. The molecule has 3 aliphatic rings. The molecule has 1 aromatic heterocycles. The summed E-state index contributed by atoms with van der Waals surface area (Å²) in [4.78, 5) is 16.1. The smallest absolute Gasteiger partial charge is 0.308 e. The summed E-state index contributed by atoms with van der Waals surface area (Å²) in [5, 5.41) is 24.4. The van der Waals surface area contributed by atoms with E-state index in [9.17, 15) is 15.2 Å². The summed E-state index contributed by atoms with van der Waals surface area (Å²) in [6.07, 6.45) is 3.59. The van der Waals surface area contributed by atoms with Crippen molar-refractivity contribution in [2.75, 3.05) is 5.32 Å². The van der Waals surface area contributed by atoms with Crippen molar-refractivity contribution in [3.05, 3.63) is 59.0 Å². The Labute approximate surface area is 189 Å².